The summed E-state index contributed by atoms with van der Waals surface area (Å²) in [5.74, 6) is 0.958. The van der Waals surface area contributed by atoms with Gasteiger partial charge in [-0.25, -0.2) is 0 Å². The van der Waals surface area contributed by atoms with Crippen LogP contribution >= 0.6 is 0 Å². The highest BCUT2D eigenvalue weighted by Crippen LogP contribution is 2.55. The third-order valence-corrected chi connectivity index (χ3v) is 3.88. The van der Waals surface area contributed by atoms with Crippen LogP contribution in [-0.2, 0) is 0 Å². The summed E-state index contributed by atoms with van der Waals surface area (Å²) < 4.78 is 0. The largest absolute Gasteiger partial charge is 0.0649 e. The van der Waals surface area contributed by atoms with Crippen LogP contribution in [0.15, 0.2) is 0 Å². The van der Waals surface area contributed by atoms with Crippen molar-refractivity contribution in [2.45, 2.75) is 53.9 Å². The van der Waals surface area contributed by atoms with Gasteiger partial charge in [-0.05, 0) is 29.6 Å². The van der Waals surface area contributed by atoms with Gasteiger partial charge in [0.25, 0.3) is 0 Å². The van der Waals surface area contributed by atoms with E-state index in [1.807, 2.05) is 0 Å². The van der Waals surface area contributed by atoms with Crippen molar-refractivity contribution in [2.75, 3.05) is 0 Å². The fraction of sp³-hybridized carbons (Fsp3) is 1.00. The zero-order valence-corrected chi connectivity index (χ0v) is 8.70. The van der Waals surface area contributed by atoms with Crippen LogP contribution in [0.1, 0.15) is 53.9 Å². The summed E-state index contributed by atoms with van der Waals surface area (Å²) >= 11 is 0. The Bertz CT molecular complexity index is 142. The number of rotatable bonds is 2. The Hall–Kier alpha value is 0. The molecule has 1 atom stereocenters. The molecule has 0 aliphatic heterocycles. The number of hydrogen-bond donors (Lipinski definition) is 0. The van der Waals surface area contributed by atoms with Crippen molar-refractivity contribution >= 4 is 0 Å². The van der Waals surface area contributed by atoms with Gasteiger partial charge in [0, 0.05) is 0 Å². The van der Waals surface area contributed by atoms with Gasteiger partial charge >= 0.3 is 0 Å². The molecule has 1 saturated carbocycles. The van der Waals surface area contributed by atoms with Crippen LogP contribution in [0.4, 0.5) is 0 Å². The van der Waals surface area contributed by atoms with Gasteiger partial charge in [0.1, 0.15) is 0 Å². The molecule has 0 spiro atoms. The second-order valence-corrected chi connectivity index (χ2v) is 5.42. The molecule has 66 valence electrons. The average Bonchev–Trinajstić information content (AvgIpc) is 1.85. The summed E-state index contributed by atoms with van der Waals surface area (Å²) in [4.78, 5) is 0. The van der Waals surface area contributed by atoms with Crippen LogP contribution in [0.3, 0.4) is 0 Å². The highest BCUT2D eigenvalue weighted by atomic mass is 14.5. The Kier molecular flexibility index (Phi) is 2.07. The standard InChI is InChI=1S/C11H22/c1-6-10(2,3)9-7-8-11(9,4)5/h9H,6-8H2,1-5H3. The summed E-state index contributed by atoms with van der Waals surface area (Å²) in [5, 5.41) is 0. The first-order valence-electron chi connectivity index (χ1n) is 4.90. The topological polar surface area (TPSA) is 0 Å². The Labute approximate surface area is 71.4 Å². The van der Waals surface area contributed by atoms with Crippen LogP contribution in [0.25, 0.3) is 0 Å². The lowest BCUT2D eigenvalue weighted by atomic mass is 9.52. The molecule has 0 radical (unpaired) electrons. The highest BCUT2D eigenvalue weighted by molar-refractivity contribution is 4.95. The Balaban J connectivity index is 2.62. The van der Waals surface area contributed by atoms with Crippen molar-refractivity contribution in [3.8, 4) is 0 Å². The van der Waals surface area contributed by atoms with Crippen LogP contribution in [0.5, 0.6) is 0 Å². The van der Waals surface area contributed by atoms with Gasteiger partial charge < -0.3 is 0 Å². The predicted molar refractivity (Wildman–Crippen MR) is 50.6 cm³/mol. The fourth-order valence-electron chi connectivity index (χ4n) is 2.56. The molecule has 0 heterocycles. The van der Waals surface area contributed by atoms with Crippen molar-refractivity contribution in [1.82, 2.24) is 0 Å². The molecule has 0 nitrogen and oxygen atoms in total. The smallest absolute Gasteiger partial charge is 0.0311 e. The Morgan fingerprint density at radius 2 is 1.91 bits per heavy atom. The van der Waals surface area contributed by atoms with E-state index < -0.39 is 0 Å². The minimum absolute atomic E-state index is 0.571. The van der Waals surface area contributed by atoms with Crippen LogP contribution < -0.4 is 0 Å². The minimum atomic E-state index is 0.571. The molecule has 0 saturated heterocycles. The lowest BCUT2D eigenvalue weighted by Crippen LogP contribution is -2.43. The van der Waals surface area contributed by atoms with E-state index in [-0.39, 0.29) is 0 Å². The average molecular weight is 154 g/mol. The zero-order valence-electron chi connectivity index (χ0n) is 8.70. The molecular weight excluding hydrogens is 132 g/mol. The maximum atomic E-state index is 2.42. The van der Waals surface area contributed by atoms with Gasteiger partial charge in [0.05, 0.1) is 0 Å². The third kappa shape index (κ3) is 1.45. The first kappa shape index (κ1) is 9.09. The molecule has 0 N–H and O–H groups in total. The third-order valence-electron chi connectivity index (χ3n) is 3.88. The SMILES string of the molecule is CCC(C)(C)C1CCC1(C)C. The van der Waals surface area contributed by atoms with Crippen LogP contribution in [0.2, 0.25) is 0 Å². The minimum Gasteiger partial charge on any atom is -0.0649 e. The van der Waals surface area contributed by atoms with Gasteiger partial charge in [0.2, 0.25) is 0 Å². The van der Waals surface area contributed by atoms with E-state index in [4.69, 9.17) is 0 Å². The van der Waals surface area contributed by atoms with Crippen molar-refractivity contribution in [3.63, 3.8) is 0 Å². The normalized spacial score (nSPS) is 29.7. The van der Waals surface area contributed by atoms with Gasteiger partial charge in [0.15, 0.2) is 0 Å². The molecule has 1 fully saturated rings. The molecule has 1 aliphatic rings. The predicted octanol–water partition coefficient (Wildman–Crippen LogP) is 3.86. The first-order chi connectivity index (χ1) is 4.90. The maximum Gasteiger partial charge on any atom is -0.0311 e. The van der Waals surface area contributed by atoms with Crippen molar-refractivity contribution in [2.24, 2.45) is 16.7 Å². The van der Waals surface area contributed by atoms with Gasteiger partial charge in [-0.15, -0.1) is 0 Å². The summed E-state index contributed by atoms with van der Waals surface area (Å²) in [5.41, 5.74) is 1.20. The Morgan fingerprint density at radius 3 is 2.00 bits per heavy atom. The van der Waals surface area contributed by atoms with Gasteiger partial charge in [-0.1, -0.05) is 41.0 Å². The molecule has 0 bridgehead atoms. The second kappa shape index (κ2) is 2.50. The van der Waals surface area contributed by atoms with Crippen molar-refractivity contribution in [3.05, 3.63) is 0 Å². The molecule has 0 aromatic rings. The van der Waals surface area contributed by atoms with E-state index in [2.05, 4.69) is 34.6 Å². The van der Waals surface area contributed by atoms with Crippen molar-refractivity contribution < 1.29 is 0 Å². The maximum absolute atomic E-state index is 2.42. The molecule has 1 unspecified atom stereocenters. The van der Waals surface area contributed by atoms with Gasteiger partial charge in [-0.3, -0.25) is 0 Å². The van der Waals surface area contributed by atoms with E-state index in [0.29, 0.717) is 10.8 Å². The zero-order chi connectivity index (χ0) is 8.70. The highest BCUT2D eigenvalue weighted by Gasteiger charge is 2.45. The molecule has 0 amide bonds. The van der Waals surface area contributed by atoms with E-state index in [1.54, 1.807) is 0 Å². The second-order valence-electron chi connectivity index (χ2n) is 5.42. The monoisotopic (exact) mass is 154 g/mol. The van der Waals surface area contributed by atoms with E-state index in [1.165, 1.54) is 19.3 Å². The first-order valence-corrected chi connectivity index (χ1v) is 4.90. The molecule has 1 rings (SSSR count). The van der Waals surface area contributed by atoms with Crippen LogP contribution in [0, 0.1) is 16.7 Å². The van der Waals surface area contributed by atoms with E-state index in [0.717, 1.165) is 5.92 Å². The summed E-state index contributed by atoms with van der Waals surface area (Å²) in [6.07, 6.45) is 4.20. The van der Waals surface area contributed by atoms with Crippen LogP contribution in [-0.4, -0.2) is 0 Å². The summed E-state index contributed by atoms with van der Waals surface area (Å²) in [7, 11) is 0. The van der Waals surface area contributed by atoms with Crippen molar-refractivity contribution in [1.29, 1.82) is 0 Å². The molecule has 0 aromatic heterocycles. The lowest BCUT2D eigenvalue weighted by Gasteiger charge is -2.53. The summed E-state index contributed by atoms with van der Waals surface area (Å²) in [6, 6.07) is 0. The lowest BCUT2D eigenvalue weighted by molar-refractivity contribution is -0.0278. The molecule has 1 aliphatic carbocycles. The quantitative estimate of drug-likeness (QED) is 0.566. The Morgan fingerprint density at radius 1 is 1.36 bits per heavy atom. The van der Waals surface area contributed by atoms with E-state index >= 15 is 0 Å². The molecule has 11 heavy (non-hydrogen) atoms. The van der Waals surface area contributed by atoms with E-state index in [9.17, 15) is 0 Å². The number of hydrogen-bond acceptors (Lipinski definition) is 0. The fourth-order valence-corrected chi connectivity index (χ4v) is 2.56. The molecule has 0 aromatic carbocycles. The molecule has 0 heteroatoms. The molecular formula is C11H22. The summed E-state index contributed by atoms with van der Waals surface area (Å²) in [6.45, 7) is 12.0. The van der Waals surface area contributed by atoms with Gasteiger partial charge in [-0.2, -0.15) is 0 Å².